The highest BCUT2D eigenvalue weighted by molar-refractivity contribution is 5.80. The van der Waals surface area contributed by atoms with Crippen molar-refractivity contribution in [3.63, 3.8) is 0 Å². The van der Waals surface area contributed by atoms with Gasteiger partial charge in [0.15, 0.2) is 12.4 Å². The van der Waals surface area contributed by atoms with Crippen LogP contribution in [0.1, 0.15) is 323 Å². The molecule has 1 amide bonds. The highest BCUT2D eigenvalue weighted by Crippen LogP contribution is 2.26. The van der Waals surface area contributed by atoms with Gasteiger partial charge in [-0.1, -0.05) is 293 Å². The Bertz CT molecular complexity index is 1660. The molecule has 0 radical (unpaired) electrons. The second-order valence-electron chi connectivity index (χ2n) is 24.6. The first-order valence-corrected chi connectivity index (χ1v) is 35.7. The minimum atomic E-state index is -1.62. The molecule has 0 bridgehead atoms. The van der Waals surface area contributed by atoms with Crippen LogP contribution in [-0.2, 0) is 23.8 Å². The number of allylic oxidation sites excluding steroid dienone is 11. The Kier molecular flexibility index (Phi) is 57.8. The Morgan fingerprint density at radius 3 is 1.25 bits per heavy atom. The molecule has 11 heteroatoms. The smallest absolute Gasteiger partial charge is 0.306 e. The number of carbonyl (C=O) groups is 2. The van der Waals surface area contributed by atoms with Gasteiger partial charge in [0, 0.05) is 6.42 Å². The Hall–Kier alpha value is -2.90. The predicted molar refractivity (Wildman–Crippen MR) is 356 cm³/mol. The quantitative estimate of drug-likeness (QED) is 0.0195. The van der Waals surface area contributed by atoms with Crippen molar-refractivity contribution in [3.8, 4) is 0 Å². The lowest BCUT2D eigenvalue weighted by atomic mass is 9.99. The Morgan fingerprint density at radius 2 is 0.812 bits per heavy atom. The third-order valence-corrected chi connectivity index (χ3v) is 16.6. The lowest BCUT2D eigenvalue weighted by Gasteiger charge is -2.41. The zero-order valence-electron chi connectivity index (χ0n) is 55.0. The molecule has 0 saturated carbocycles. The van der Waals surface area contributed by atoms with Crippen molar-refractivity contribution >= 4 is 11.9 Å². The van der Waals surface area contributed by atoms with E-state index in [9.17, 15) is 35.1 Å². The normalized spacial score (nSPS) is 18.8. The summed E-state index contributed by atoms with van der Waals surface area (Å²) in [6, 6.07) is -1.04. The fraction of sp³-hybridized carbons (Fsp3) is 0.811. The molecular weight excluding hydrogens is 1060 g/mol. The van der Waals surface area contributed by atoms with Crippen molar-refractivity contribution in [2.75, 3.05) is 13.2 Å². The largest absolute Gasteiger partial charge is 0.454 e. The summed E-state index contributed by atoms with van der Waals surface area (Å²) in [6.07, 6.45) is 69.4. The number of aliphatic hydroxyl groups excluding tert-OH is 5. The maximum Gasteiger partial charge on any atom is 0.306 e. The summed E-state index contributed by atoms with van der Waals surface area (Å²) in [7, 11) is 0. The summed E-state index contributed by atoms with van der Waals surface area (Å²) in [4.78, 5) is 26.7. The number of nitrogens with one attached hydrogen (secondary N) is 1. The third-order valence-electron chi connectivity index (χ3n) is 16.6. The van der Waals surface area contributed by atoms with Gasteiger partial charge in [0.2, 0.25) is 5.91 Å². The molecule has 1 aliphatic heterocycles. The summed E-state index contributed by atoms with van der Waals surface area (Å²) in [6.45, 7) is 5.77. The zero-order chi connectivity index (χ0) is 61.7. The van der Waals surface area contributed by atoms with Crippen LogP contribution in [0.5, 0.6) is 0 Å². The van der Waals surface area contributed by atoms with E-state index in [2.05, 4.69) is 86.8 Å². The van der Waals surface area contributed by atoms with Crippen LogP contribution in [0, 0.1) is 0 Å². The molecular formula is C74H133NO10. The van der Waals surface area contributed by atoms with E-state index in [-0.39, 0.29) is 19.4 Å². The lowest BCUT2D eigenvalue weighted by molar-refractivity contribution is -0.305. The molecule has 0 aromatic rings. The molecule has 1 fully saturated rings. The van der Waals surface area contributed by atoms with E-state index in [0.717, 1.165) is 77.0 Å². The van der Waals surface area contributed by atoms with Gasteiger partial charge in [-0.3, -0.25) is 9.59 Å². The van der Waals surface area contributed by atoms with E-state index in [1.807, 2.05) is 6.08 Å². The summed E-state index contributed by atoms with van der Waals surface area (Å²) in [5, 5.41) is 57.2. The fourth-order valence-corrected chi connectivity index (χ4v) is 10.9. The van der Waals surface area contributed by atoms with Gasteiger partial charge in [-0.2, -0.15) is 0 Å². The number of unbranched alkanes of at least 4 members (excludes halogenated alkanes) is 37. The van der Waals surface area contributed by atoms with Crippen LogP contribution >= 0.6 is 0 Å². The molecule has 1 saturated heterocycles. The maximum absolute atomic E-state index is 13.5. The lowest BCUT2D eigenvalue weighted by Crippen LogP contribution is -2.61. The molecule has 11 nitrogen and oxygen atoms in total. The number of amides is 1. The third kappa shape index (κ3) is 48.7. The summed E-state index contributed by atoms with van der Waals surface area (Å²) < 4.78 is 17.7. The van der Waals surface area contributed by atoms with Gasteiger partial charge < -0.3 is 45.1 Å². The zero-order valence-corrected chi connectivity index (χ0v) is 55.0. The maximum atomic E-state index is 13.5. The number of hydrogen-bond donors (Lipinski definition) is 6. The van der Waals surface area contributed by atoms with Gasteiger partial charge in [0.1, 0.15) is 24.4 Å². The standard InChI is InChI=1S/C74H133NO10/c1-4-7-10-13-16-19-22-25-27-29-31-32-33-34-35-36-37-39-41-44-47-50-53-56-59-62-69(79)85-72-71(81)70(80)68(63-76)84-74(72)83-64-65(66(77)60-57-54-51-48-45-42-24-21-18-15-12-9-6-3)75-73(82)67(78)61-58-55-52-49-46-43-40-38-30-28-26-23-20-17-14-11-8-5-2/h17,20,25-28,38,40,46,49,57,60,65-68,70-72,74,76-78,80-81H,4-16,18-19,21-24,29-37,39,41-45,47-48,50-56,58-59,61-64H2,1-3H3,(H,75,82)/b20-17-,27-25+,28-26-,40-38-,49-46-,60-57+. The number of esters is 1. The summed E-state index contributed by atoms with van der Waals surface area (Å²) in [5.41, 5.74) is 0. The number of hydrogen-bond acceptors (Lipinski definition) is 10. The molecule has 0 aromatic heterocycles. The van der Waals surface area contributed by atoms with Crippen molar-refractivity contribution < 1.29 is 49.3 Å². The van der Waals surface area contributed by atoms with Crippen LogP contribution in [0.25, 0.3) is 0 Å². The number of ether oxygens (including phenoxy) is 3. The Morgan fingerprint density at radius 1 is 0.459 bits per heavy atom. The van der Waals surface area contributed by atoms with Gasteiger partial charge in [-0.05, 0) is 96.3 Å². The van der Waals surface area contributed by atoms with Crippen LogP contribution in [0.3, 0.4) is 0 Å². The minimum Gasteiger partial charge on any atom is -0.454 e. The molecule has 8 atom stereocenters. The molecule has 1 aliphatic rings. The van der Waals surface area contributed by atoms with Crippen LogP contribution in [-0.4, -0.2) is 99.6 Å². The van der Waals surface area contributed by atoms with Gasteiger partial charge >= 0.3 is 5.97 Å². The van der Waals surface area contributed by atoms with Crippen LogP contribution < -0.4 is 5.32 Å². The van der Waals surface area contributed by atoms with Gasteiger partial charge in [0.05, 0.1) is 25.4 Å². The Labute approximate surface area is 521 Å². The molecule has 8 unspecified atom stereocenters. The highest BCUT2D eigenvalue weighted by Gasteiger charge is 2.47. The average molecular weight is 1200 g/mol. The molecule has 494 valence electrons. The SMILES string of the molecule is CCCCC/C=C\C/C=C\C/C=C\C/C=C\CCCCC(O)C(=O)NC(COC1OC(CO)C(O)C(O)C1OC(=O)CCCCCCCCCCCCCCCCC/C=C/CCCCCCCC)C(O)/C=C/CCCCCCCCCCCCC. The Balaban J connectivity index is 2.60. The molecule has 0 spiro atoms. The summed E-state index contributed by atoms with van der Waals surface area (Å²) >= 11 is 0. The fourth-order valence-electron chi connectivity index (χ4n) is 10.9. The monoisotopic (exact) mass is 1200 g/mol. The van der Waals surface area contributed by atoms with Gasteiger partial charge in [0.25, 0.3) is 0 Å². The van der Waals surface area contributed by atoms with Crippen molar-refractivity contribution in [3.05, 3.63) is 72.9 Å². The first kappa shape index (κ1) is 80.1. The number of aliphatic hydroxyl groups is 5. The first-order chi connectivity index (χ1) is 41.7. The highest BCUT2D eigenvalue weighted by atomic mass is 16.7. The van der Waals surface area contributed by atoms with Crippen molar-refractivity contribution in [2.24, 2.45) is 0 Å². The topological polar surface area (TPSA) is 175 Å². The molecule has 6 N–H and O–H groups in total. The molecule has 85 heavy (non-hydrogen) atoms. The average Bonchev–Trinajstić information content (AvgIpc) is 3.21. The molecule has 1 rings (SSSR count). The van der Waals surface area contributed by atoms with Gasteiger partial charge in [-0.15, -0.1) is 0 Å². The first-order valence-electron chi connectivity index (χ1n) is 35.7. The van der Waals surface area contributed by atoms with E-state index in [0.29, 0.717) is 12.8 Å². The molecule has 1 heterocycles. The second kappa shape index (κ2) is 61.3. The van der Waals surface area contributed by atoms with Crippen LogP contribution in [0.2, 0.25) is 0 Å². The number of rotatable bonds is 61. The van der Waals surface area contributed by atoms with E-state index in [1.54, 1.807) is 6.08 Å². The van der Waals surface area contributed by atoms with E-state index in [4.69, 9.17) is 14.2 Å². The van der Waals surface area contributed by atoms with E-state index in [1.165, 1.54) is 199 Å². The number of carbonyl (C=O) groups excluding carboxylic acids is 2. The van der Waals surface area contributed by atoms with Crippen LogP contribution in [0.15, 0.2) is 72.9 Å². The predicted octanol–water partition coefficient (Wildman–Crippen LogP) is 18.3. The van der Waals surface area contributed by atoms with Crippen molar-refractivity contribution in [1.82, 2.24) is 5.32 Å². The van der Waals surface area contributed by atoms with Crippen molar-refractivity contribution in [1.29, 1.82) is 0 Å². The molecule has 0 aliphatic carbocycles. The van der Waals surface area contributed by atoms with E-state index >= 15 is 0 Å². The van der Waals surface area contributed by atoms with Crippen molar-refractivity contribution in [2.45, 2.75) is 372 Å². The van der Waals surface area contributed by atoms with Crippen LogP contribution in [0.4, 0.5) is 0 Å². The molecule has 0 aromatic carbocycles. The minimum absolute atomic E-state index is 0.120. The van der Waals surface area contributed by atoms with E-state index < -0.39 is 67.4 Å². The second-order valence-corrected chi connectivity index (χ2v) is 24.6. The summed E-state index contributed by atoms with van der Waals surface area (Å²) in [5.74, 6) is -1.22. The van der Waals surface area contributed by atoms with Gasteiger partial charge in [-0.25, -0.2) is 0 Å².